The van der Waals surface area contributed by atoms with E-state index in [4.69, 9.17) is 0 Å². The number of rotatable bonds is 3. The number of hydrogen-bond donors (Lipinski definition) is 3. The van der Waals surface area contributed by atoms with E-state index in [1.165, 1.54) is 6.07 Å². The predicted octanol–water partition coefficient (Wildman–Crippen LogP) is 1.20. The molecule has 0 bridgehead atoms. The van der Waals surface area contributed by atoms with Gasteiger partial charge in [0.05, 0.1) is 11.2 Å². The maximum absolute atomic E-state index is 11.7. The fourth-order valence-corrected chi connectivity index (χ4v) is 1.22. The number of aryl methyl sites for hydroxylation is 1. The Morgan fingerprint density at radius 3 is 2.62 bits per heavy atom. The summed E-state index contributed by atoms with van der Waals surface area (Å²) in [6.45, 7) is 5.18. The van der Waals surface area contributed by atoms with Crippen molar-refractivity contribution in [3.05, 3.63) is 29.3 Å². The highest BCUT2D eigenvalue weighted by Gasteiger charge is 2.16. The van der Waals surface area contributed by atoms with Crippen molar-refractivity contribution in [1.29, 1.82) is 0 Å². The fourth-order valence-electron chi connectivity index (χ4n) is 1.22. The van der Waals surface area contributed by atoms with Crippen LogP contribution in [0.3, 0.4) is 0 Å². The average Bonchev–Trinajstić information content (AvgIpc) is 2.17. The molecule has 4 nitrogen and oxygen atoms in total. The molecule has 88 valence electrons. The van der Waals surface area contributed by atoms with Crippen LogP contribution in [0.25, 0.3) is 0 Å². The minimum atomic E-state index is -0.963. The fraction of sp³-hybridized carbons (Fsp3) is 0.417. The van der Waals surface area contributed by atoms with Gasteiger partial charge in [0.15, 0.2) is 0 Å². The Hall–Kier alpha value is -1.55. The maximum atomic E-state index is 11.7. The van der Waals surface area contributed by atoms with Crippen LogP contribution in [0.5, 0.6) is 5.75 Å². The highest BCUT2D eigenvalue weighted by atomic mass is 16.3. The molecule has 4 heteroatoms. The first-order valence-corrected chi connectivity index (χ1v) is 5.10. The first-order valence-electron chi connectivity index (χ1n) is 5.10. The molecule has 0 radical (unpaired) electrons. The molecule has 1 aromatic rings. The van der Waals surface area contributed by atoms with Gasteiger partial charge in [-0.05, 0) is 32.9 Å². The molecule has 0 aliphatic rings. The van der Waals surface area contributed by atoms with Crippen LogP contribution in [0.1, 0.15) is 29.8 Å². The Balaban J connectivity index is 2.77. The van der Waals surface area contributed by atoms with Gasteiger partial charge in [-0.1, -0.05) is 11.6 Å². The highest BCUT2D eigenvalue weighted by Crippen LogP contribution is 2.17. The first-order chi connectivity index (χ1) is 7.29. The zero-order valence-electron chi connectivity index (χ0n) is 9.74. The van der Waals surface area contributed by atoms with Crippen molar-refractivity contribution in [2.24, 2.45) is 0 Å². The Morgan fingerprint density at radius 1 is 1.44 bits per heavy atom. The summed E-state index contributed by atoms with van der Waals surface area (Å²) in [4.78, 5) is 11.7. The van der Waals surface area contributed by atoms with Gasteiger partial charge in [-0.2, -0.15) is 0 Å². The Bertz CT molecular complexity index is 394. The average molecular weight is 223 g/mol. The SMILES string of the molecule is Cc1ccc(O)c(C(=O)NCC(C)(C)O)c1. The Morgan fingerprint density at radius 2 is 2.06 bits per heavy atom. The molecular weight excluding hydrogens is 206 g/mol. The molecule has 0 saturated carbocycles. The lowest BCUT2D eigenvalue weighted by Crippen LogP contribution is -2.38. The molecule has 0 spiro atoms. The summed E-state index contributed by atoms with van der Waals surface area (Å²) in [5.41, 5.74) is 0.158. The van der Waals surface area contributed by atoms with Gasteiger partial charge in [0.1, 0.15) is 5.75 Å². The molecule has 1 amide bonds. The number of carbonyl (C=O) groups is 1. The molecule has 16 heavy (non-hydrogen) atoms. The van der Waals surface area contributed by atoms with Gasteiger partial charge in [0.2, 0.25) is 0 Å². The first kappa shape index (κ1) is 12.5. The van der Waals surface area contributed by atoms with Crippen LogP contribution in [-0.2, 0) is 0 Å². The van der Waals surface area contributed by atoms with Crippen LogP contribution >= 0.6 is 0 Å². The van der Waals surface area contributed by atoms with Gasteiger partial charge in [-0.15, -0.1) is 0 Å². The van der Waals surface area contributed by atoms with Crippen LogP contribution in [0.15, 0.2) is 18.2 Å². The largest absolute Gasteiger partial charge is 0.507 e. The molecule has 0 aliphatic carbocycles. The van der Waals surface area contributed by atoms with E-state index in [0.717, 1.165) is 5.56 Å². The van der Waals surface area contributed by atoms with Crippen LogP contribution < -0.4 is 5.32 Å². The van der Waals surface area contributed by atoms with Crippen LogP contribution in [0, 0.1) is 6.92 Å². The Kier molecular flexibility index (Phi) is 3.55. The van der Waals surface area contributed by atoms with E-state index >= 15 is 0 Å². The summed E-state index contributed by atoms with van der Waals surface area (Å²) in [6, 6.07) is 4.81. The number of aliphatic hydroxyl groups is 1. The van der Waals surface area contributed by atoms with Crippen molar-refractivity contribution in [2.75, 3.05) is 6.54 Å². The van der Waals surface area contributed by atoms with Gasteiger partial charge >= 0.3 is 0 Å². The van der Waals surface area contributed by atoms with Crippen molar-refractivity contribution in [1.82, 2.24) is 5.32 Å². The van der Waals surface area contributed by atoms with Crippen molar-refractivity contribution >= 4 is 5.91 Å². The number of benzene rings is 1. The lowest BCUT2D eigenvalue weighted by molar-refractivity contribution is 0.0693. The smallest absolute Gasteiger partial charge is 0.255 e. The number of hydrogen-bond acceptors (Lipinski definition) is 3. The maximum Gasteiger partial charge on any atom is 0.255 e. The van der Waals surface area contributed by atoms with E-state index in [-0.39, 0.29) is 23.8 Å². The van der Waals surface area contributed by atoms with Gasteiger partial charge in [-0.25, -0.2) is 0 Å². The van der Waals surface area contributed by atoms with Gasteiger partial charge < -0.3 is 15.5 Å². The molecule has 0 heterocycles. The number of nitrogens with one attached hydrogen (secondary N) is 1. The quantitative estimate of drug-likeness (QED) is 0.721. The second-order valence-corrected chi connectivity index (χ2v) is 4.52. The normalized spacial score (nSPS) is 11.2. The van der Waals surface area contributed by atoms with Crippen LogP contribution in [0.2, 0.25) is 0 Å². The van der Waals surface area contributed by atoms with Crippen LogP contribution in [-0.4, -0.2) is 28.3 Å². The topological polar surface area (TPSA) is 69.6 Å². The van der Waals surface area contributed by atoms with E-state index in [9.17, 15) is 15.0 Å². The third-order valence-electron chi connectivity index (χ3n) is 2.08. The third kappa shape index (κ3) is 3.55. The Labute approximate surface area is 94.9 Å². The van der Waals surface area contributed by atoms with E-state index in [1.807, 2.05) is 6.92 Å². The molecule has 1 rings (SSSR count). The number of amides is 1. The van der Waals surface area contributed by atoms with E-state index in [2.05, 4.69) is 5.32 Å². The van der Waals surface area contributed by atoms with E-state index in [0.29, 0.717) is 0 Å². The molecule has 0 aromatic heterocycles. The zero-order chi connectivity index (χ0) is 12.3. The number of aromatic hydroxyl groups is 1. The number of phenols is 1. The van der Waals surface area contributed by atoms with Gasteiger partial charge in [-0.3, -0.25) is 4.79 Å². The standard InChI is InChI=1S/C12H17NO3/c1-8-4-5-10(14)9(6-8)11(15)13-7-12(2,3)16/h4-6,14,16H,7H2,1-3H3,(H,13,15). The molecular formula is C12H17NO3. The zero-order valence-corrected chi connectivity index (χ0v) is 9.74. The van der Waals surface area contributed by atoms with E-state index in [1.54, 1.807) is 26.0 Å². The highest BCUT2D eigenvalue weighted by molar-refractivity contribution is 5.97. The second kappa shape index (κ2) is 4.53. The summed E-state index contributed by atoms with van der Waals surface area (Å²) in [7, 11) is 0. The minimum Gasteiger partial charge on any atom is -0.507 e. The summed E-state index contributed by atoms with van der Waals surface area (Å²) in [5, 5.41) is 21.5. The monoisotopic (exact) mass is 223 g/mol. The predicted molar refractivity (Wildman–Crippen MR) is 61.5 cm³/mol. The van der Waals surface area contributed by atoms with E-state index < -0.39 is 5.60 Å². The molecule has 0 saturated heterocycles. The van der Waals surface area contributed by atoms with Gasteiger partial charge in [0.25, 0.3) is 5.91 Å². The minimum absolute atomic E-state index is 0.0566. The summed E-state index contributed by atoms with van der Waals surface area (Å²) < 4.78 is 0. The summed E-state index contributed by atoms with van der Waals surface area (Å²) >= 11 is 0. The third-order valence-corrected chi connectivity index (χ3v) is 2.08. The summed E-state index contributed by atoms with van der Waals surface area (Å²) in [5.74, 6) is -0.442. The molecule has 0 unspecified atom stereocenters. The molecule has 0 fully saturated rings. The van der Waals surface area contributed by atoms with Crippen molar-refractivity contribution < 1.29 is 15.0 Å². The van der Waals surface area contributed by atoms with Gasteiger partial charge in [0, 0.05) is 6.54 Å². The molecule has 1 aromatic carbocycles. The lowest BCUT2D eigenvalue weighted by atomic mass is 10.1. The molecule has 0 aliphatic heterocycles. The van der Waals surface area contributed by atoms with Crippen molar-refractivity contribution in [3.63, 3.8) is 0 Å². The molecule has 3 N–H and O–H groups in total. The summed E-state index contributed by atoms with van der Waals surface area (Å²) in [6.07, 6.45) is 0. The molecule has 0 atom stereocenters. The second-order valence-electron chi connectivity index (χ2n) is 4.52. The number of carbonyl (C=O) groups excluding carboxylic acids is 1. The van der Waals surface area contributed by atoms with Crippen molar-refractivity contribution in [3.8, 4) is 5.75 Å². The lowest BCUT2D eigenvalue weighted by Gasteiger charge is -2.17. The van der Waals surface area contributed by atoms with Crippen LogP contribution in [0.4, 0.5) is 0 Å². The number of phenolic OH excluding ortho intramolecular Hbond substituents is 1. The van der Waals surface area contributed by atoms with Crippen molar-refractivity contribution in [2.45, 2.75) is 26.4 Å².